The summed E-state index contributed by atoms with van der Waals surface area (Å²) in [7, 11) is -5.14. The lowest BCUT2D eigenvalue weighted by molar-refractivity contribution is 0.0169. The van der Waals surface area contributed by atoms with E-state index in [1.165, 1.54) is 77.0 Å². The number of hydrogen-bond donors (Lipinski definition) is 0. The van der Waals surface area contributed by atoms with Crippen LogP contribution in [0.2, 0.25) is 12.1 Å². The van der Waals surface area contributed by atoms with Crippen LogP contribution in [0.4, 0.5) is 0 Å². The molecule has 0 bridgehead atoms. The molecule has 13 heteroatoms. The Balaban J connectivity index is 6.51. The summed E-state index contributed by atoms with van der Waals surface area (Å²) < 4.78 is 37.0. The Labute approximate surface area is 400 Å². The fraction of sp³-hybridized carbons (Fsp3) is 1.00. The van der Waals surface area contributed by atoms with E-state index >= 15 is 0 Å². The third kappa shape index (κ3) is 22.6. The molecule has 0 aliphatic carbocycles. The maximum Gasteiger partial charge on any atom is 0.500 e. The van der Waals surface area contributed by atoms with Crippen molar-refractivity contribution < 1.29 is 26.6 Å². The zero-order chi connectivity index (χ0) is 47.6. The van der Waals surface area contributed by atoms with Crippen molar-refractivity contribution >= 4 is 29.4 Å². The van der Waals surface area contributed by atoms with Crippen LogP contribution in [0.5, 0.6) is 0 Å². The molecule has 0 heterocycles. The van der Waals surface area contributed by atoms with Gasteiger partial charge in [0.2, 0.25) is 0 Å². The Bertz CT molecular complexity index is 909. The fourth-order valence-electron chi connectivity index (χ4n) is 10.3. The molecule has 380 valence electrons. The predicted octanol–water partition coefficient (Wildman–Crippen LogP) is 12.8. The summed E-state index contributed by atoms with van der Waals surface area (Å²) in [5.74, 6) is 0. The van der Waals surface area contributed by atoms with Gasteiger partial charge in [-0.2, -0.15) is 0 Å². The third-order valence-corrected chi connectivity index (χ3v) is 21.3. The highest BCUT2D eigenvalue weighted by Gasteiger charge is 2.50. The average molecular weight is 952 g/mol. The van der Waals surface area contributed by atoms with E-state index in [4.69, 9.17) is 26.6 Å². The molecular formula is C50H110N4O6SSi2. The van der Waals surface area contributed by atoms with Crippen LogP contribution in [0.1, 0.15) is 201 Å². The van der Waals surface area contributed by atoms with Crippen LogP contribution >= 0.6 is 11.8 Å². The highest BCUT2D eigenvalue weighted by atomic mass is 32.2. The van der Waals surface area contributed by atoms with E-state index < -0.39 is 17.6 Å². The van der Waals surface area contributed by atoms with Crippen LogP contribution in [0.25, 0.3) is 0 Å². The van der Waals surface area contributed by atoms with Gasteiger partial charge in [-0.3, -0.25) is 19.6 Å². The molecular weight excluding hydrogens is 841 g/mol. The van der Waals surface area contributed by atoms with Crippen LogP contribution in [-0.2, 0) is 26.6 Å². The van der Waals surface area contributed by atoms with Crippen LogP contribution in [0.3, 0.4) is 0 Å². The van der Waals surface area contributed by atoms with E-state index in [1.54, 1.807) is 0 Å². The van der Waals surface area contributed by atoms with Gasteiger partial charge in [-0.25, -0.2) is 0 Å². The quantitative estimate of drug-likeness (QED) is 0.0333. The molecule has 0 amide bonds. The zero-order valence-corrected chi connectivity index (χ0v) is 47.8. The van der Waals surface area contributed by atoms with Crippen molar-refractivity contribution in [1.82, 2.24) is 19.6 Å². The Hall–Kier alpha value is 0.384. The van der Waals surface area contributed by atoms with Gasteiger partial charge in [-0.05, 0) is 133 Å². The van der Waals surface area contributed by atoms with E-state index in [0.29, 0.717) is 52.0 Å². The molecule has 0 N–H and O–H groups in total. The van der Waals surface area contributed by atoms with Gasteiger partial charge in [0.15, 0.2) is 0 Å². The van der Waals surface area contributed by atoms with Gasteiger partial charge >= 0.3 is 17.6 Å². The van der Waals surface area contributed by atoms with E-state index in [0.717, 1.165) is 77.3 Å². The first-order chi connectivity index (χ1) is 30.3. The Morgan fingerprint density at radius 3 is 0.746 bits per heavy atom. The molecule has 0 aromatic carbocycles. The number of thioether (sulfide) groups is 1. The lowest BCUT2D eigenvalue weighted by Gasteiger charge is -2.55. The van der Waals surface area contributed by atoms with Crippen molar-refractivity contribution in [2.75, 3.05) is 92.0 Å². The highest BCUT2D eigenvalue weighted by molar-refractivity contribution is 8.02. The molecule has 2 atom stereocenters. The Morgan fingerprint density at radius 1 is 0.333 bits per heavy atom. The summed E-state index contributed by atoms with van der Waals surface area (Å²) in [5, 5.41) is 0. The number of nitrogens with zero attached hydrogens (tertiary/aromatic N) is 4. The van der Waals surface area contributed by atoms with Crippen molar-refractivity contribution in [3.63, 3.8) is 0 Å². The zero-order valence-electron chi connectivity index (χ0n) is 45.0. The molecule has 0 aromatic heterocycles. The Kier molecular flexibility index (Phi) is 37.5. The van der Waals surface area contributed by atoms with Crippen molar-refractivity contribution in [2.45, 2.75) is 235 Å². The monoisotopic (exact) mass is 951 g/mol. The van der Waals surface area contributed by atoms with E-state index in [9.17, 15) is 0 Å². The van der Waals surface area contributed by atoms with Gasteiger partial charge in [0.05, 0.1) is 12.3 Å². The molecule has 0 aliphatic heterocycles. The maximum atomic E-state index is 6.15. The SMILES string of the molecule is CCO[Si](CCCCCCCCC(C)(SC(C)(CCCCCCCC[Si](OCC)(OCC)OCC)C(N(CC)CC)N(CC)CC)C(N(CC)CC)N(CC)CC)(OCC)OCC. The second-order valence-corrected chi connectivity index (χ2v) is 25.1. The summed E-state index contributed by atoms with van der Waals surface area (Å²) in [5.41, 5.74) is 0. The minimum Gasteiger partial charge on any atom is -0.374 e. The first-order valence-electron chi connectivity index (χ1n) is 26.8. The molecule has 0 aromatic rings. The topological polar surface area (TPSA) is 68.3 Å². The van der Waals surface area contributed by atoms with Crippen molar-refractivity contribution in [3.05, 3.63) is 0 Å². The van der Waals surface area contributed by atoms with Gasteiger partial charge in [0.1, 0.15) is 0 Å². The molecule has 0 rings (SSSR count). The normalized spacial score (nSPS) is 15.0. The van der Waals surface area contributed by atoms with Crippen molar-refractivity contribution in [3.8, 4) is 0 Å². The number of unbranched alkanes of at least 4 members (excludes halogenated alkanes) is 10. The largest absolute Gasteiger partial charge is 0.500 e. The van der Waals surface area contributed by atoms with Gasteiger partial charge in [-0.15, -0.1) is 11.8 Å². The van der Waals surface area contributed by atoms with Gasteiger partial charge in [0.25, 0.3) is 0 Å². The minimum absolute atomic E-state index is 0.0427. The van der Waals surface area contributed by atoms with Crippen molar-refractivity contribution in [1.29, 1.82) is 0 Å². The Morgan fingerprint density at radius 2 is 0.540 bits per heavy atom. The van der Waals surface area contributed by atoms with E-state index in [2.05, 4.69) is 142 Å². The summed E-state index contributed by atoms with van der Waals surface area (Å²) in [4.78, 5) is 11.1. The first kappa shape index (κ1) is 63.4. The molecule has 0 radical (unpaired) electrons. The first-order valence-corrected chi connectivity index (χ1v) is 31.5. The fourth-order valence-corrected chi connectivity index (χ4v) is 18.1. The smallest absolute Gasteiger partial charge is 0.374 e. The minimum atomic E-state index is -2.57. The van der Waals surface area contributed by atoms with Crippen LogP contribution in [0.15, 0.2) is 0 Å². The molecule has 2 unspecified atom stereocenters. The summed E-state index contributed by atoms with van der Waals surface area (Å²) in [6.07, 6.45) is 18.0. The van der Waals surface area contributed by atoms with Crippen molar-refractivity contribution in [2.24, 2.45) is 0 Å². The molecule has 0 fully saturated rings. The third-order valence-electron chi connectivity index (χ3n) is 13.2. The molecule has 63 heavy (non-hydrogen) atoms. The number of rotatable bonds is 46. The summed E-state index contributed by atoms with van der Waals surface area (Å²) >= 11 is 2.38. The van der Waals surface area contributed by atoms with Crippen LogP contribution in [0, 0.1) is 0 Å². The average Bonchev–Trinajstić information content (AvgIpc) is 3.26. The lowest BCUT2D eigenvalue weighted by atomic mass is 9.94. The van der Waals surface area contributed by atoms with Gasteiger partial charge in [0, 0.05) is 61.2 Å². The van der Waals surface area contributed by atoms with Crippen LogP contribution < -0.4 is 0 Å². The van der Waals surface area contributed by atoms with E-state index in [1.807, 2.05) is 0 Å². The predicted molar refractivity (Wildman–Crippen MR) is 279 cm³/mol. The molecule has 0 saturated carbocycles. The van der Waals surface area contributed by atoms with Gasteiger partial charge < -0.3 is 26.6 Å². The van der Waals surface area contributed by atoms with E-state index in [-0.39, 0.29) is 9.49 Å². The number of hydrogen-bond acceptors (Lipinski definition) is 11. The summed E-state index contributed by atoms with van der Waals surface area (Å²) in [6, 6.07) is 1.84. The van der Waals surface area contributed by atoms with Gasteiger partial charge in [-0.1, -0.05) is 120 Å². The maximum absolute atomic E-state index is 6.15. The standard InChI is InChI=1S/C50H110N4O6SSi2/c1-17-51(18-2)47(52(19-3)20-4)49(15,43-39-35-31-33-37-41-45-62(55-25-9,56-26-10)57-27-11)61-50(16,48(53(21-5)22-6)54(23-7)24-8)44-40-36-32-34-38-42-46-63(58-28-12,59-29-13)60-30-14/h47-48H,17-46H2,1-16H3. The second kappa shape index (κ2) is 37.3. The lowest BCUT2D eigenvalue weighted by Crippen LogP contribution is -2.64. The molecule has 0 saturated heterocycles. The highest BCUT2D eigenvalue weighted by Crippen LogP contribution is 2.50. The molecule has 0 spiro atoms. The summed E-state index contributed by atoms with van der Waals surface area (Å²) in [6.45, 7) is 49.2. The second-order valence-electron chi connectivity index (χ2n) is 17.6. The molecule has 0 aliphatic rings. The molecule has 10 nitrogen and oxygen atoms in total. The van der Waals surface area contributed by atoms with Crippen LogP contribution in [-0.4, -0.2) is 151 Å².